The van der Waals surface area contributed by atoms with Gasteiger partial charge in [-0.25, -0.2) is 5.17 Å². The van der Waals surface area contributed by atoms with Crippen LogP contribution in [0.4, 0.5) is 0 Å². The lowest BCUT2D eigenvalue weighted by Gasteiger charge is -2.02. The Morgan fingerprint density at radius 1 is 1.86 bits per heavy atom. The third kappa shape index (κ3) is 0.787. The largest absolute Gasteiger partial charge is 0.604 e. The summed E-state index contributed by atoms with van der Waals surface area (Å²) in [6.07, 6.45) is 0. The summed E-state index contributed by atoms with van der Waals surface area (Å²) in [6.45, 7) is 0.0833. The summed E-state index contributed by atoms with van der Waals surface area (Å²) >= 11 is 0. The molecule has 1 atom stereocenters. The maximum Gasteiger partial charge on any atom is 0.206 e. The normalized spacial score (nSPS) is 29.3. The van der Waals surface area contributed by atoms with Gasteiger partial charge in [0.05, 0.1) is 0 Å². The second kappa shape index (κ2) is 1.36. The molecule has 1 aliphatic heterocycles. The van der Waals surface area contributed by atoms with Crippen LogP contribution in [0.25, 0.3) is 0 Å². The Morgan fingerprint density at radius 2 is 2.57 bits per heavy atom. The predicted molar refractivity (Wildman–Crippen MR) is 21.8 cm³/mol. The molecule has 38 valence electrons. The van der Waals surface area contributed by atoms with Gasteiger partial charge in [-0.2, -0.15) is 0 Å². The number of hydroxylamine groups is 1. The molecule has 0 saturated heterocycles. The quantitative estimate of drug-likeness (QED) is 0.366. The first-order valence-electron chi connectivity index (χ1n) is 1.81. The fourth-order valence-corrected chi connectivity index (χ4v) is 0.330. The molecule has 0 fully saturated rings. The molecule has 1 rings (SSSR count). The van der Waals surface area contributed by atoms with E-state index in [4.69, 9.17) is 5.41 Å². The summed E-state index contributed by atoms with van der Waals surface area (Å²) < 4.78 is 0. The van der Waals surface area contributed by atoms with Crippen molar-refractivity contribution in [2.24, 2.45) is 10.3 Å². The molecule has 0 amide bonds. The second-order valence-corrected chi connectivity index (χ2v) is 1.22. The predicted octanol–water partition coefficient (Wildman–Crippen LogP) is -1.27. The number of hydrogen-bond donors (Lipinski definition) is 2. The van der Waals surface area contributed by atoms with Gasteiger partial charge in [-0.1, -0.05) is 5.11 Å². The Bertz CT molecular complexity index is 119. The molecule has 0 aliphatic carbocycles. The molecule has 7 heavy (non-hydrogen) atoms. The monoisotopic (exact) mass is 100 g/mol. The van der Waals surface area contributed by atoms with Crippen molar-refractivity contribution in [2.75, 3.05) is 6.54 Å². The van der Waals surface area contributed by atoms with Crippen LogP contribution in [0, 0.1) is 10.6 Å². The maximum absolute atomic E-state index is 10.1. The van der Waals surface area contributed by atoms with Crippen molar-refractivity contribution in [2.45, 2.75) is 0 Å². The number of amidine groups is 1. The number of quaternary nitrogens is 1. The SMILES string of the molecule is N=C1C[NH+]([O-])N=N1. The zero-order chi connectivity index (χ0) is 5.28. The maximum atomic E-state index is 10.1. The van der Waals surface area contributed by atoms with Gasteiger partial charge in [0.25, 0.3) is 0 Å². The van der Waals surface area contributed by atoms with E-state index in [1.807, 2.05) is 0 Å². The third-order valence-electron chi connectivity index (χ3n) is 0.601. The van der Waals surface area contributed by atoms with Crippen molar-refractivity contribution < 1.29 is 5.17 Å². The third-order valence-corrected chi connectivity index (χ3v) is 0.601. The van der Waals surface area contributed by atoms with Crippen molar-refractivity contribution in [3.63, 3.8) is 0 Å². The van der Waals surface area contributed by atoms with Crippen LogP contribution in [-0.4, -0.2) is 12.4 Å². The van der Waals surface area contributed by atoms with Crippen LogP contribution in [0.2, 0.25) is 0 Å². The van der Waals surface area contributed by atoms with E-state index in [1.54, 1.807) is 0 Å². The molecule has 5 heteroatoms. The van der Waals surface area contributed by atoms with E-state index in [2.05, 4.69) is 10.3 Å². The van der Waals surface area contributed by atoms with Gasteiger partial charge in [-0.05, 0) is 0 Å². The van der Waals surface area contributed by atoms with E-state index < -0.39 is 0 Å². The van der Waals surface area contributed by atoms with Gasteiger partial charge in [0.2, 0.25) is 5.84 Å². The zero-order valence-electron chi connectivity index (χ0n) is 3.51. The molecule has 2 N–H and O–H groups in total. The van der Waals surface area contributed by atoms with Gasteiger partial charge >= 0.3 is 0 Å². The van der Waals surface area contributed by atoms with Crippen LogP contribution >= 0.6 is 0 Å². The van der Waals surface area contributed by atoms with E-state index in [1.165, 1.54) is 0 Å². The number of nitrogens with zero attached hydrogens (tertiary/aromatic N) is 2. The van der Waals surface area contributed by atoms with Crippen molar-refractivity contribution in [1.29, 1.82) is 5.41 Å². The summed E-state index contributed by atoms with van der Waals surface area (Å²) in [5, 5.41) is 22.7. The van der Waals surface area contributed by atoms with Gasteiger partial charge in [0, 0.05) is 5.22 Å². The fraction of sp³-hybridized carbons (Fsp3) is 0.500. The first-order chi connectivity index (χ1) is 3.29. The molecule has 0 bridgehead atoms. The van der Waals surface area contributed by atoms with Crippen LogP contribution in [0.1, 0.15) is 0 Å². The van der Waals surface area contributed by atoms with Crippen molar-refractivity contribution in [3.05, 3.63) is 5.21 Å². The lowest BCUT2D eigenvalue weighted by atomic mass is 10.6. The highest BCUT2D eigenvalue weighted by Crippen LogP contribution is 1.76. The molecular weight excluding hydrogens is 96.0 g/mol. The highest BCUT2D eigenvalue weighted by Gasteiger charge is 2.07. The minimum absolute atomic E-state index is 0.0602. The van der Waals surface area contributed by atoms with E-state index in [0.717, 1.165) is 0 Å². The molecule has 0 aromatic heterocycles. The number of rotatable bonds is 0. The minimum atomic E-state index is -0.315. The molecule has 0 aromatic rings. The average Bonchev–Trinajstić information content (AvgIpc) is 1.87. The summed E-state index contributed by atoms with van der Waals surface area (Å²) in [4.78, 5) is 0. The van der Waals surface area contributed by atoms with Crippen molar-refractivity contribution in [3.8, 4) is 0 Å². The van der Waals surface area contributed by atoms with Gasteiger partial charge in [-0.3, -0.25) is 5.41 Å². The minimum Gasteiger partial charge on any atom is -0.604 e. The number of hydrogen-bond acceptors (Lipinski definition) is 3. The smallest absolute Gasteiger partial charge is 0.206 e. The summed E-state index contributed by atoms with van der Waals surface area (Å²) in [5.41, 5.74) is 0. The average molecular weight is 100 g/mol. The molecule has 1 aliphatic rings. The van der Waals surface area contributed by atoms with Gasteiger partial charge < -0.3 is 5.21 Å². The molecule has 0 saturated carbocycles. The standard InChI is InChI=1S/C2H4N4O/c3-2-1-6(7)5-4-2/h3,6H,1H2. The molecule has 0 aromatic carbocycles. The Hall–Kier alpha value is -0.810. The topological polar surface area (TPSA) is 76.1 Å². The Kier molecular flexibility index (Phi) is 0.844. The van der Waals surface area contributed by atoms with Crippen LogP contribution in [-0.2, 0) is 0 Å². The van der Waals surface area contributed by atoms with E-state index in [-0.39, 0.29) is 17.6 Å². The van der Waals surface area contributed by atoms with Crippen LogP contribution in [0.15, 0.2) is 10.3 Å². The Balaban J connectivity index is 2.58. The number of nitrogens with one attached hydrogen (secondary N) is 2. The van der Waals surface area contributed by atoms with Gasteiger partial charge in [-0.15, -0.1) is 0 Å². The van der Waals surface area contributed by atoms with Crippen LogP contribution < -0.4 is 5.17 Å². The second-order valence-electron chi connectivity index (χ2n) is 1.22. The fourth-order valence-electron chi connectivity index (χ4n) is 0.330. The Morgan fingerprint density at radius 3 is 2.71 bits per heavy atom. The van der Waals surface area contributed by atoms with Crippen molar-refractivity contribution >= 4 is 5.84 Å². The van der Waals surface area contributed by atoms with E-state index in [9.17, 15) is 5.21 Å². The van der Waals surface area contributed by atoms with E-state index in [0.29, 0.717) is 0 Å². The molecular formula is C2H4N4O. The van der Waals surface area contributed by atoms with Crippen molar-refractivity contribution in [1.82, 2.24) is 0 Å². The van der Waals surface area contributed by atoms with Gasteiger partial charge in [0.1, 0.15) is 0 Å². The van der Waals surface area contributed by atoms with Gasteiger partial charge in [0.15, 0.2) is 6.54 Å². The lowest BCUT2D eigenvalue weighted by molar-refractivity contribution is -0.844. The first kappa shape index (κ1) is 4.35. The van der Waals surface area contributed by atoms with Crippen LogP contribution in [0.3, 0.4) is 0 Å². The molecule has 0 radical (unpaired) electrons. The Labute approximate surface area is 39.7 Å². The highest BCUT2D eigenvalue weighted by atomic mass is 16.5. The zero-order valence-corrected chi connectivity index (χ0v) is 3.51. The molecule has 0 spiro atoms. The summed E-state index contributed by atoms with van der Waals surface area (Å²) in [7, 11) is 0. The highest BCUT2D eigenvalue weighted by molar-refractivity contribution is 5.80. The summed E-state index contributed by atoms with van der Waals surface area (Å²) in [6, 6.07) is 0. The van der Waals surface area contributed by atoms with Crippen LogP contribution in [0.5, 0.6) is 0 Å². The van der Waals surface area contributed by atoms with E-state index >= 15 is 0 Å². The first-order valence-corrected chi connectivity index (χ1v) is 1.81. The molecule has 1 heterocycles. The molecule has 1 unspecified atom stereocenters. The summed E-state index contributed by atoms with van der Waals surface area (Å²) in [5.74, 6) is 0.0602. The molecule has 5 nitrogen and oxygen atoms in total. The lowest BCUT2D eigenvalue weighted by Crippen LogP contribution is -3.01.